The van der Waals surface area contributed by atoms with Crippen molar-refractivity contribution in [2.24, 2.45) is 0 Å². The highest BCUT2D eigenvalue weighted by Gasteiger charge is 2.04. The average molecular weight is 218 g/mol. The summed E-state index contributed by atoms with van der Waals surface area (Å²) < 4.78 is 5.32. The molecular formula is C13H18N2O. The predicted molar refractivity (Wildman–Crippen MR) is 65.2 cm³/mol. The third-order valence-corrected chi connectivity index (χ3v) is 2.14. The molecule has 0 aliphatic rings. The zero-order chi connectivity index (χ0) is 12.0. The maximum atomic E-state index is 5.32. The van der Waals surface area contributed by atoms with E-state index in [0.29, 0.717) is 11.8 Å². The summed E-state index contributed by atoms with van der Waals surface area (Å²) >= 11 is 0. The van der Waals surface area contributed by atoms with Gasteiger partial charge >= 0.3 is 0 Å². The second kappa shape index (κ2) is 6.05. The van der Waals surface area contributed by atoms with Crippen LogP contribution in [0.5, 0.6) is 0 Å². The Bertz CT molecular complexity index is 418. The highest BCUT2D eigenvalue weighted by atomic mass is 16.4. The van der Waals surface area contributed by atoms with Crippen LogP contribution < -0.4 is 0 Å². The summed E-state index contributed by atoms with van der Waals surface area (Å²) in [6.07, 6.45) is 1.04. The summed E-state index contributed by atoms with van der Waals surface area (Å²) in [5.74, 6) is 1.18. The Morgan fingerprint density at radius 3 is 2.12 bits per heavy atom. The topological polar surface area (TPSA) is 38.9 Å². The lowest BCUT2D eigenvalue weighted by Gasteiger charge is -1.97. The molecule has 0 N–H and O–H groups in total. The smallest absolute Gasteiger partial charge is 0.247 e. The van der Waals surface area contributed by atoms with Crippen molar-refractivity contribution in [3.63, 3.8) is 0 Å². The maximum absolute atomic E-state index is 5.32. The quantitative estimate of drug-likeness (QED) is 0.772. The van der Waals surface area contributed by atoms with Gasteiger partial charge in [0.1, 0.15) is 0 Å². The van der Waals surface area contributed by atoms with Gasteiger partial charge in [0.15, 0.2) is 0 Å². The van der Waals surface area contributed by atoms with E-state index in [1.807, 2.05) is 26.0 Å². The molecule has 0 saturated heterocycles. The summed E-state index contributed by atoms with van der Waals surface area (Å²) in [6, 6.07) is 8.17. The number of aryl methyl sites for hydroxylation is 2. The molecule has 0 atom stereocenters. The van der Waals surface area contributed by atoms with Crippen LogP contribution in [0.15, 0.2) is 28.7 Å². The van der Waals surface area contributed by atoms with Gasteiger partial charge < -0.3 is 4.42 Å². The van der Waals surface area contributed by atoms with E-state index in [0.717, 1.165) is 12.0 Å². The van der Waals surface area contributed by atoms with E-state index in [2.05, 4.69) is 29.3 Å². The number of rotatable bonds is 2. The minimum absolute atomic E-state index is 0.588. The standard InChI is InChI=1S/C11H12N2O.C2H6/c1-3-9-4-6-10(7-5-9)11-13-12-8(2)14-11;1-2/h4-7H,3H2,1-2H3;1-2H3. The monoisotopic (exact) mass is 218 g/mol. The van der Waals surface area contributed by atoms with E-state index in [9.17, 15) is 0 Å². The van der Waals surface area contributed by atoms with Crippen molar-refractivity contribution in [1.82, 2.24) is 10.2 Å². The largest absolute Gasteiger partial charge is 0.421 e. The third-order valence-electron chi connectivity index (χ3n) is 2.14. The fraction of sp³-hybridized carbons (Fsp3) is 0.385. The Kier molecular flexibility index (Phi) is 4.70. The van der Waals surface area contributed by atoms with Gasteiger partial charge in [-0.05, 0) is 24.1 Å². The number of hydrogen-bond acceptors (Lipinski definition) is 3. The van der Waals surface area contributed by atoms with Crippen LogP contribution in [0.3, 0.4) is 0 Å². The minimum atomic E-state index is 0.588. The molecule has 0 radical (unpaired) electrons. The molecule has 0 fully saturated rings. The summed E-state index contributed by atoms with van der Waals surface area (Å²) in [4.78, 5) is 0. The summed E-state index contributed by atoms with van der Waals surface area (Å²) in [7, 11) is 0. The molecule has 0 amide bonds. The fourth-order valence-corrected chi connectivity index (χ4v) is 1.30. The van der Waals surface area contributed by atoms with Crippen LogP contribution in [0.25, 0.3) is 11.5 Å². The molecule has 3 heteroatoms. The Morgan fingerprint density at radius 2 is 1.69 bits per heavy atom. The van der Waals surface area contributed by atoms with Gasteiger partial charge in [-0.15, -0.1) is 10.2 Å². The molecule has 0 aliphatic heterocycles. The van der Waals surface area contributed by atoms with E-state index in [-0.39, 0.29) is 0 Å². The zero-order valence-electron chi connectivity index (χ0n) is 10.3. The van der Waals surface area contributed by atoms with Gasteiger partial charge in [0.2, 0.25) is 11.8 Å². The number of nitrogens with zero attached hydrogens (tertiary/aromatic N) is 2. The predicted octanol–water partition coefficient (Wildman–Crippen LogP) is 3.63. The highest BCUT2D eigenvalue weighted by molar-refractivity contribution is 5.52. The first kappa shape index (κ1) is 12.4. The molecule has 0 saturated carbocycles. The molecule has 2 rings (SSSR count). The summed E-state index contributed by atoms with van der Waals surface area (Å²) in [6.45, 7) is 7.92. The van der Waals surface area contributed by atoms with Crippen LogP contribution in [-0.2, 0) is 6.42 Å². The van der Waals surface area contributed by atoms with Crippen LogP contribution in [0.4, 0.5) is 0 Å². The number of hydrogen-bond donors (Lipinski definition) is 0. The number of benzene rings is 1. The lowest BCUT2D eigenvalue weighted by Crippen LogP contribution is -1.81. The fourth-order valence-electron chi connectivity index (χ4n) is 1.30. The van der Waals surface area contributed by atoms with Gasteiger partial charge in [0, 0.05) is 12.5 Å². The lowest BCUT2D eigenvalue weighted by molar-refractivity contribution is 0.533. The van der Waals surface area contributed by atoms with Crippen molar-refractivity contribution in [2.75, 3.05) is 0 Å². The van der Waals surface area contributed by atoms with E-state index >= 15 is 0 Å². The van der Waals surface area contributed by atoms with Gasteiger partial charge in [0.05, 0.1) is 0 Å². The van der Waals surface area contributed by atoms with Gasteiger partial charge in [-0.2, -0.15) is 0 Å². The second-order valence-corrected chi connectivity index (χ2v) is 3.18. The van der Waals surface area contributed by atoms with Crippen molar-refractivity contribution < 1.29 is 4.42 Å². The first-order chi connectivity index (χ1) is 7.79. The number of aromatic nitrogens is 2. The third kappa shape index (κ3) is 2.92. The first-order valence-electron chi connectivity index (χ1n) is 5.69. The Morgan fingerprint density at radius 1 is 1.06 bits per heavy atom. The van der Waals surface area contributed by atoms with Gasteiger partial charge in [-0.25, -0.2) is 0 Å². The van der Waals surface area contributed by atoms with Crippen molar-refractivity contribution in [1.29, 1.82) is 0 Å². The molecule has 86 valence electrons. The first-order valence-corrected chi connectivity index (χ1v) is 5.69. The molecule has 0 unspecified atom stereocenters. The molecule has 0 aliphatic carbocycles. The van der Waals surface area contributed by atoms with E-state index in [4.69, 9.17) is 4.42 Å². The van der Waals surface area contributed by atoms with E-state index < -0.39 is 0 Å². The minimum Gasteiger partial charge on any atom is -0.421 e. The van der Waals surface area contributed by atoms with Gasteiger partial charge in [-0.3, -0.25) is 0 Å². The molecule has 0 bridgehead atoms. The van der Waals surface area contributed by atoms with Crippen molar-refractivity contribution in [3.8, 4) is 11.5 Å². The van der Waals surface area contributed by atoms with E-state index in [1.54, 1.807) is 6.92 Å². The van der Waals surface area contributed by atoms with Crippen LogP contribution in [0, 0.1) is 6.92 Å². The van der Waals surface area contributed by atoms with Crippen molar-refractivity contribution in [2.45, 2.75) is 34.1 Å². The highest BCUT2D eigenvalue weighted by Crippen LogP contribution is 2.17. The van der Waals surface area contributed by atoms with Crippen LogP contribution in [-0.4, -0.2) is 10.2 Å². The molecule has 1 aromatic carbocycles. The molecular weight excluding hydrogens is 200 g/mol. The molecule has 3 nitrogen and oxygen atoms in total. The van der Waals surface area contributed by atoms with Crippen LogP contribution >= 0.6 is 0 Å². The SMILES string of the molecule is CC.CCc1ccc(-c2nnc(C)o2)cc1. The van der Waals surface area contributed by atoms with Gasteiger partial charge in [-0.1, -0.05) is 32.9 Å². The van der Waals surface area contributed by atoms with E-state index in [1.165, 1.54) is 5.56 Å². The average Bonchev–Trinajstić information content (AvgIpc) is 2.79. The molecule has 2 aromatic rings. The Balaban J connectivity index is 0.000000606. The van der Waals surface area contributed by atoms with Crippen molar-refractivity contribution in [3.05, 3.63) is 35.7 Å². The second-order valence-electron chi connectivity index (χ2n) is 3.18. The normalized spacial score (nSPS) is 9.50. The summed E-state index contributed by atoms with van der Waals surface area (Å²) in [5, 5.41) is 7.74. The molecule has 0 spiro atoms. The van der Waals surface area contributed by atoms with Crippen LogP contribution in [0.2, 0.25) is 0 Å². The molecule has 16 heavy (non-hydrogen) atoms. The summed E-state index contributed by atoms with van der Waals surface area (Å²) in [5.41, 5.74) is 2.28. The Hall–Kier alpha value is -1.64. The Labute approximate surface area is 96.5 Å². The lowest BCUT2D eigenvalue weighted by atomic mass is 10.1. The zero-order valence-corrected chi connectivity index (χ0v) is 10.3. The molecule has 1 heterocycles. The van der Waals surface area contributed by atoms with Crippen LogP contribution in [0.1, 0.15) is 32.2 Å². The van der Waals surface area contributed by atoms with Crippen molar-refractivity contribution >= 4 is 0 Å². The molecule has 1 aromatic heterocycles. The maximum Gasteiger partial charge on any atom is 0.247 e. The van der Waals surface area contributed by atoms with Gasteiger partial charge in [0.25, 0.3) is 0 Å².